The zero-order valence-electron chi connectivity index (χ0n) is 22.4. The van der Waals surface area contributed by atoms with Gasteiger partial charge in [-0.15, -0.1) is 0 Å². The van der Waals surface area contributed by atoms with Crippen molar-refractivity contribution in [2.24, 2.45) is 0 Å². The number of rotatable bonds is 10. The third kappa shape index (κ3) is 9.08. The van der Waals surface area contributed by atoms with Crippen LogP contribution < -0.4 is 9.62 Å². The maximum absolute atomic E-state index is 14.1. The molecule has 1 atom stereocenters. The molecule has 2 amide bonds. The first-order valence-corrected chi connectivity index (χ1v) is 15.4. The number of hydrogen-bond donors (Lipinski definition) is 1. The monoisotopic (exact) mass is 633 g/mol. The van der Waals surface area contributed by atoms with E-state index in [1.807, 2.05) is 75.4 Å². The number of benzene rings is 3. The van der Waals surface area contributed by atoms with Crippen LogP contribution in [0.25, 0.3) is 0 Å². The molecule has 0 unspecified atom stereocenters. The maximum Gasteiger partial charge on any atom is 0.244 e. The summed E-state index contributed by atoms with van der Waals surface area (Å²) in [4.78, 5) is 29.2. The lowest BCUT2D eigenvalue weighted by Gasteiger charge is -2.35. The van der Waals surface area contributed by atoms with Crippen molar-refractivity contribution in [3.63, 3.8) is 0 Å². The zero-order valence-corrected chi connectivity index (χ0v) is 25.6. The van der Waals surface area contributed by atoms with Crippen LogP contribution in [0.2, 0.25) is 5.02 Å². The number of nitrogens with one attached hydrogen (secondary N) is 1. The Kier molecular flexibility index (Phi) is 10.2. The molecule has 0 heterocycles. The van der Waals surface area contributed by atoms with E-state index in [0.29, 0.717) is 0 Å². The van der Waals surface area contributed by atoms with Gasteiger partial charge in [-0.05, 0) is 56.2 Å². The average Bonchev–Trinajstić information content (AvgIpc) is 2.84. The minimum Gasteiger partial charge on any atom is -0.350 e. The molecule has 0 aliphatic carbocycles. The fraction of sp³-hybridized carbons (Fsp3) is 0.310. The Hall–Kier alpha value is -2.88. The van der Waals surface area contributed by atoms with Crippen molar-refractivity contribution in [2.75, 3.05) is 17.1 Å². The summed E-state index contributed by atoms with van der Waals surface area (Å²) < 4.78 is 27.5. The van der Waals surface area contributed by atoms with Gasteiger partial charge in [0.2, 0.25) is 21.8 Å². The number of carbonyl (C=O) groups excluding carboxylic acids is 2. The summed E-state index contributed by atoms with van der Waals surface area (Å²) >= 11 is 9.80. The zero-order chi connectivity index (χ0) is 28.8. The molecular formula is C29H33BrClN3O4S. The van der Waals surface area contributed by atoms with Gasteiger partial charge in [0.1, 0.15) is 12.6 Å². The third-order valence-corrected chi connectivity index (χ3v) is 7.75. The lowest BCUT2D eigenvalue weighted by Crippen LogP contribution is -2.56. The molecule has 3 aromatic carbocycles. The molecule has 7 nitrogen and oxygen atoms in total. The summed E-state index contributed by atoms with van der Waals surface area (Å²) in [5, 5.41) is 3.20. The quantitative estimate of drug-likeness (QED) is 0.323. The van der Waals surface area contributed by atoms with Crippen LogP contribution >= 0.6 is 27.5 Å². The lowest BCUT2D eigenvalue weighted by molar-refractivity contribution is -0.140. The minimum atomic E-state index is -3.89. The van der Waals surface area contributed by atoms with Crippen LogP contribution in [0.3, 0.4) is 0 Å². The van der Waals surface area contributed by atoms with E-state index in [-0.39, 0.29) is 29.6 Å². The van der Waals surface area contributed by atoms with Crippen LogP contribution in [-0.4, -0.2) is 49.5 Å². The second-order valence-electron chi connectivity index (χ2n) is 10.3. The molecule has 0 bridgehead atoms. The third-order valence-electron chi connectivity index (χ3n) is 5.81. The first-order chi connectivity index (χ1) is 18.2. The molecule has 0 aliphatic heterocycles. The normalized spacial score (nSPS) is 12.5. The predicted octanol–water partition coefficient (Wildman–Crippen LogP) is 5.42. The fourth-order valence-corrected chi connectivity index (χ4v) is 5.68. The Labute approximate surface area is 244 Å². The summed E-state index contributed by atoms with van der Waals surface area (Å²) in [6.07, 6.45) is 1.27. The van der Waals surface area contributed by atoms with Gasteiger partial charge in [0.15, 0.2) is 0 Å². The number of anilines is 1. The summed E-state index contributed by atoms with van der Waals surface area (Å²) in [6, 6.07) is 22.4. The number of carbonyl (C=O) groups is 2. The highest BCUT2D eigenvalue weighted by Gasteiger charge is 2.34. The van der Waals surface area contributed by atoms with Crippen molar-refractivity contribution in [3.8, 4) is 0 Å². The standard InChI is InChI=1S/C29H33BrClN3O4S/c1-29(2,3)32-28(36)26(18-21-11-6-5-7-12-21)33(19-22-13-10-14-23(30)17-22)27(35)20-34(39(4,37)38)25-16-9-8-15-24(25)31/h5-17,26H,18-20H2,1-4H3,(H,32,36)/t26-/m0/s1. The van der Waals surface area contributed by atoms with Crippen molar-refractivity contribution in [3.05, 3.63) is 99.5 Å². The predicted molar refractivity (Wildman–Crippen MR) is 160 cm³/mol. The number of nitrogens with zero attached hydrogens (tertiary/aromatic N) is 2. The van der Waals surface area contributed by atoms with Crippen LogP contribution in [0.1, 0.15) is 31.9 Å². The van der Waals surface area contributed by atoms with E-state index in [9.17, 15) is 18.0 Å². The van der Waals surface area contributed by atoms with E-state index in [4.69, 9.17) is 11.6 Å². The number of hydrogen-bond acceptors (Lipinski definition) is 4. The van der Waals surface area contributed by atoms with Gasteiger partial charge >= 0.3 is 0 Å². The Morgan fingerprint density at radius 2 is 1.56 bits per heavy atom. The molecule has 3 aromatic rings. The molecular weight excluding hydrogens is 602 g/mol. The highest BCUT2D eigenvalue weighted by Crippen LogP contribution is 2.28. The van der Waals surface area contributed by atoms with E-state index in [0.717, 1.165) is 26.2 Å². The van der Waals surface area contributed by atoms with Crippen LogP contribution in [0.4, 0.5) is 5.69 Å². The fourth-order valence-electron chi connectivity index (χ4n) is 4.09. The van der Waals surface area contributed by atoms with Gasteiger partial charge in [0, 0.05) is 23.0 Å². The number of para-hydroxylation sites is 1. The molecule has 0 radical (unpaired) electrons. The van der Waals surface area contributed by atoms with Gasteiger partial charge in [0.25, 0.3) is 0 Å². The summed E-state index contributed by atoms with van der Waals surface area (Å²) in [5.41, 5.74) is 1.29. The Balaban J connectivity index is 2.09. The van der Waals surface area contributed by atoms with Gasteiger partial charge in [-0.3, -0.25) is 13.9 Å². The van der Waals surface area contributed by atoms with Crippen molar-refractivity contribution in [1.82, 2.24) is 10.2 Å². The Morgan fingerprint density at radius 3 is 2.15 bits per heavy atom. The number of amides is 2. The van der Waals surface area contributed by atoms with Gasteiger partial charge in [0.05, 0.1) is 17.0 Å². The lowest BCUT2D eigenvalue weighted by atomic mass is 10.0. The van der Waals surface area contributed by atoms with Crippen molar-refractivity contribution in [1.29, 1.82) is 0 Å². The van der Waals surface area contributed by atoms with Crippen LogP contribution in [0.15, 0.2) is 83.3 Å². The van der Waals surface area contributed by atoms with Gasteiger partial charge in [-0.1, -0.05) is 82.1 Å². The van der Waals surface area contributed by atoms with E-state index in [2.05, 4.69) is 21.2 Å². The van der Waals surface area contributed by atoms with Crippen molar-refractivity contribution in [2.45, 2.75) is 45.3 Å². The highest BCUT2D eigenvalue weighted by atomic mass is 79.9. The van der Waals surface area contributed by atoms with Crippen LogP contribution in [-0.2, 0) is 32.6 Å². The SMILES string of the molecule is CC(C)(C)NC(=O)[C@H](Cc1ccccc1)N(Cc1cccc(Br)c1)C(=O)CN(c1ccccc1Cl)S(C)(=O)=O. The molecule has 1 N–H and O–H groups in total. The van der Waals surface area contributed by atoms with Crippen LogP contribution in [0, 0.1) is 0 Å². The molecule has 0 saturated heterocycles. The summed E-state index contributed by atoms with van der Waals surface area (Å²) in [5.74, 6) is -0.872. The number of sulfonamides is 1. The summed E-state index contributed by atoms with van der Waals surface area (Å²) in [7, 11) is -3.89. The first-order valence-electron chi connectivity index (χ1n) is 12.4. The Bertz CT molecular complexity index is 1410. The molecule has 39 heavy (non-hydrogen) atoms. The van der Waals surface area contributed by atoms with E-state index in [1.54, 1.807) is 24.3 Å². The van der Waals surface area contributed by atoms with E-state index >= 15 is 0 Å². The van der Waals surface area contributed by atoms with Gasteiger partial charge in [-0.25, -0.2) is 8.42 Å². The smallest absolute Gasteiger partial charge is 0.244 e. The summed E-state index contributed by atoms with van der Waals surface area (Å²) in [6.45, 7) is 5.17. The van der Waals surface area contributed by atoms with Crippen molar-refractivity contribution < 1.29 is 18.0 Å². The molecule has 0 aromatic heterocycles. The molecule has 0 saturated carbocycles. The van der Waals surface area contributed by atoms with Gasteiger partial charge in [-0.2, -0.15) is 0 Å². The van der Waals surface area contributed by atoms with Crippen LogP contribution in [0.5, 0.6) is 0 Å². The molecule has 3 rings (SSSR count). The topological polar surface area (TPSA) is 86.8 Å². The maximum atomic E-state index is 14.1. The molecule has 0 spiro atoms. The molecule has 10 heteroatoms. The van der Waals surface area contributed by atoms with E-state index in [1.165, 1.54) is 4.90 Å². The Morgan fingerprint density at radius 1 is 0.949 bits per heavy atom. The minimum absolute atomic E-state index is 0.0907. The average molecular weight is 635 g/mol. The van der Waals surface area contributed by atoms with E-state index < -0.39 is 34.1 Å². The van der Waals surface area contributed by atoms with Crippen molar-refractivity contribution >= 4 is 55.1 Å². The first kappa shape index (κ1) is 30.7. The second kappa shape index (κ2) is 13.0. The number of halogens is 2. The largest absolute Gasteiger partial charge is 0.350 e. The van der Waals surface area contributed by atoms with Gasteiger partial charge < -0.3 is 10.2 Å². The molecule has 0 fully saturated rings. The second-order valence-corrected chi connectivity index (χ2v) is 13.5. The molecule has 208 valence electrons. The highest BCUT2D eigenvalue weighted by molar-refractivity contribution is 9.10. The molecule has 0 aliphatic rings.